The quantitative estimate of drug-likeness (QED) is 0.611. The monoisotopic (exact) mass is 476 g/mol. The molecule has 178 valence electrons. The van der Waals surface area contributed by atoms with E-state index in [4.69, 9.17) is 14.2 Å². The molecule has 1 aliphatic heterocycles. The normalized spacial score (nSPS) is 14.5. The third-order valence-electron chi connectivity index (χ3n) is 5.25. The van der Waals surface area contributed by atoms with E-state index in [9.17, 15) is 18.0 Å². The number of rotatable bonds is 7. The molecule has 1 heterocycles. The van der Waals surface area contributed by atoms with E-state index in [0.29, 0.717) is 18.8 Å². The number of morpholine rings is 1. The summed E-state index contributed by atoms with van der Waals surface area (Å²) >= 11 is 0. The average molecular weight is 477 g/mol. The number of nitrogens with zero attached hydrogens (tertiary/aromatic N) is 1. The van der Waals surface area contributed by atoms with Crippen molar-refractivity contribution in [2.75, 3.05) is 45.3 Å². The van der Waals surface area contributed by atoms with Crippen LogP contribution in [0.2, 0.25) is 0 Å². The van der Waals surface area contributed by atoms with Gasteiger partial charge in [0.1, 0.15) is 10.6 Å². The van der Waals surface area contributed by atoms with Gasteiger partial charge in [0.15, 0.2) is 6.61 Å². The van der Waals surface area contributed by atoms with E-state index < -0.39 is 28.5 Å². The van der Waals surface area contributed by atoms with E-state index in [1.807, 2.05) is 32.9 Å². The van der Waals surface area contributed by atoms with Crippen molar-refractivity contribution < 1.29 is 32.2 Å². The number of hydrogen-bond acceptors (Lipinski definition) is 7. The smallest absolute Gasteiger partial charge is 0.339 e. The number of carbonyl (C=O) groups is 2. The molecule has 0 radical (unpaired) electrons. The SMILES string of the molecule is COc1ccc(NC(=O)COC(=O)c2c(C)cc(C)cc2C)cc1S(=O)(=O)N1CCOCC1. The van der Waals surface area contributed by atoms with Gasteiger partial charge in [0.05, 0.1) is 25.9 Å². The van der Waals surface area contributed by atoms with Crippen molar-refractivity contribution >= 4 is 27.6 Å². The van der Waals surface area contributed by atoms with Crippen LogP contribution >= 0.6 is 0 Å². The van der Waals surface area contributed by atoms with Crippen molar-refractivity contribution in [1.82, 2.24) is 4.31 Å². The van der Waals surface area contributed by atoms with Crippen LogP contribution in [0.3, 0.4) is 0 Å². The maximum absolute atomic E-state index is 13.1. The van der Waals surface area contributed by atoms with Gasteiger partial charge in [-0.1, -0.05) is 17.7 Å². The number of aryl methyl sites for hydroxylation is 3. The lowest BCUT2D eigenvalue weighted by molar-refractivity contribution is -0.119. The number of hydrogen-bond donors (Lipinski definition) is 1. The molecule has 0 atom stereocenters. The van der Waals surface area contributed by atoms with Gasteiger partial charge in [-0.2, -0.15) is 4.31 Å². The summed E-state index contributed by atoms with van der Waals surface area (Å²) in [6, 6.07) is 8.06. The lowest BCUT2D eigenvalue weighted by Crippen LogP contribution is -2.40. The summed E-state index contributed by atoms with van der Waals surface area (Å²) in [5.41, 5.74) is 3.24. The summed E-state index contributed by atoms with van der Waals surface area (Å²) in [6.45, 7) is 6.13. The first kappa shape index (κ1) is 24.7. The van der Waals surface area contributed by atoms with Gasteiger partial charge in [-0.15, -0.1) is 0 Å². The van der Waals surface area contributed by atoms with E-state index in [0.717, 1.165) is 16.7 Å². The molecule has 10 heteroatoms. The minimum Gasteiger partial charge on any atom is -0.495 e. The van der Waals surface area contributed by atoms with E-state index in [1.54, 1.807) is 0 Å². The number of amides is 1. The van der Waals surface area contributed by atoms with Crippen LogP contribution in [-0.2, 0) is 24.3 Å². The number of benzene rings is 2. The molecule has 0 aromatic heterocycles. The molecular formula is C23H28N2O7S. The molecule has 2 aromatic rings. The van der Waals surface area contributed by atoms with Crippen LogP contribution in [0, 0.1) is 20.8 Å². The van der Waals surface area contributed by atoms with Gasteiger partial charge in [-0.05, 0) is 50.1 Å². The second kappa shape index (κ2) is 10.3. The van der Waals surface area contributed by atoms with E-state index >= 15 is 0 Å². The van der Waals surface area contributed by atoms with Gasteiger partial charge < -0.3 is 19.5 Å². The maximum Gasteiger partial charge on any atom is 0.339 e. The zero-order valence-corrected chi connectivity index (χ0v) is 20.0. The highest BCUT2D eigenvalue weighted by Crippen LogP contribution is 2.30. The summed E-state index contributed by atoms with van der Waals surface area (Å²) < 4.78 is 43.1. The van der Waals surface area contributed by atoms with Crippen molar-refractivity contribution in [3.8, 4) is 5.75 Å². The fourth-order valence-electron chi connectivity index (χ4n) is 3.78. The highest BCUT2D eigenvalue weighted by molar-refractivity contribution is 7.89. The number of nitrogens with one attached hydrogen (secondary N) is 1. The lowest BCUT2D eigenvalue weighted by atomic mass is 10.00. The van der Waals surface area contributed by atoms with Crippen LogP contribution in [0.5, 0.6) is 5.75 Å². The van der Waals surface area contributed by atoms with Crippen LogP contribution in [0.25, 0.3) is 0 Å². The van der Waals surface area contributed by atoms with Crippen molar-refractivity contribution in [2.24, 2.45) is 0 Å². The summed E-state index contributed by atoms with van der Waals surface area (Å²) in [5, 5.41) is 2.57. The predicted octanol–water partition coefficient (Wildman–Crippen LogP) is 2.44. The molecule has 0 aliphatic carbocycles. The highest BCUT2D eigenvalue weighted by Gasteiger charge is 2.29. The Morgan fingerprint density at radius 1 is 1.06 bits per heavy atom. The standard InChI is InChI=1S/C23H28N2O7S/c1-15-11-16(2)22(17(3)12-15)23(27)32-14-21(26)24-18-5-6-19(30-4)20(13-18)33(28,29)25-7-9-31-10-8-25/h5-6,11-13H,7-10,14H2,1-4H3,(H,24,26). The van der Waals surface area contributed by atoms with Crippen molar-refractivity contribution in [3.63, 3.8) is 0 Å². The highest BCUT2D eigenvalue weighted by atomic mass is 32.2. The minimum atomic E-state index is -3.85. The van der Waals surface area contributed by atoms with Gasteiger partial charge in [-0.25, -0.2) is 13.2 Å². The maximum atomic E-state index is 13.1. The Morgan fingerprint density at radius 2 is 1.70 bits per heavy atom. The van der Waals surface area contributed by atoms with Gasteiger partial charge in [0.2, 0.25) is 10.0 Å². The van der Waals surface area contributed by atoms with Gasteiger partial charge >= 0.3 is 5.97 Å². The number of esters is 1. The molecule has 0 unspecified atom stereocenters. The number of anilines is 1. The molecule has 1 aliphatic rings. The summed E-state index contributed by atoms with van der Waals surface area (Å²) in [6.07, 6.45) is 0. The minimum absolute atomic E-state index is 0.0624. The molecule has 0 bridgehead atoms. The van der Waals surface area contributed by atoms with E-state index in [2.05, 4.69) is 5.32 Å². The molecule has 33 heavy (non-hydrogen) atoms. The van der Waals surface area contributed by atoms with Crippen LogP contribution < -0.4 is 10.1 Å². The van der Waals surface area contributed by atoms with Gasteiger partial charge in [-0.3, -0.25) is 4.79 Å². The largest absolute Gasteiger partial charge is 0.495 e. The Morgan fingerprint density at radius 3 is 2.30 bits per heavy atom. The second-order valence-electron chi connectivity index (χ2n) is 7.78. The molecule has 0 spiro atoms. The molecule has 0 saturated carbocycles. The van der Waals surface area contributed by atoms with Crippen LogP contribution in [-0.4, -0.2) is 64.6 Å². The fourth-order valence-corrected chi connectivity index (χ4v) is 5.37. The molecular weight excluding hydrogens is 448 g/mol. The third-order valence-corrected chi connectivity index (χ3v) is 7.17. The predicted molar refractivity (Wildman–Crippen MR) is 122 cm³/mol. The average Bonchev–Trinajstić information content (AvgIpc) is 2.77. The van der Waals surface area contributed by atoms with E-state index in [1.165, 1.54) is 29.6 Å². The molecule has 2 aromatic carbocycles. The molecule has 1 N–H and O–H groups in total. The summed E-state index contributed by atoms with van der Waals surface area (Å²) in [4.78, 5) is 24.8. The molecule has 1 fully saturated rings. The fraction of sp³-hybridized carbons (Fsp3) is 0.391. The first-order valence-corrected chi connectivity index (χ1v) is 11.9. The zero-order chi connectivity index (χ0) is 24.2. The lowest BCUT2D eigenvalue weighted by Gasteiger charge is -2.26. The number of ether oxygens (including phenoxy) is 3. The Bertz CT molecular complexity index is 1130. The van der Waals surface area contributed by atoms with Crippen LogP contribution in [0.15, 0.2) is 35.2 Å². The number of sulfonamides is 1. The number of methoxy groups -OCH3 is 1. The molecule has 1 amide bonds. The van der Waals surface area contributed by atoms with Crippen molar-refractivity contribution in [2.45, 2.75) is 25.7 Å². The van der Waals surface area contributed by atoms with Crippen LogP contribution in [0.1, 0.15) is 27.0 Å². The molecule has 1 saturated heterocycles. The summed E-state index contributed by atoms with van der Waals surface area (Å²) in [5.74, 6) is -1.02. The first-order chi connectivity index (χ1) is 15.6. The van der Waals surface area contributed by atoms with E-state index in [-0.39, 0.29) is 29.4 Å². The first-order valence-electron chi connectivity index (χ1n) is 10.4. The Hall–Kier alpha value is -2.95. The van der Waals surface area contributed by atoms with Crippen molar-refractivity contribution in [1.29, 1.82) is 0 Å². The second-order valence-corrected chi connectivity index (χ2v) is 9.69. The van der Waals surface area contributed by atoms with Crippen LogP contribution in [0.4, 0.5) is 5.69 Å². The molecule has 9 nitrogen and oxygen atoms in total. The summed E-state index contributed by atoms with van der Waals surface area (Å²) in [7, 11) is -2.47. The van der Waals surface area contributed by atoms with Crippen molar-refractivity contribution in [3.05, 3.63) is 52.6 Å². The number of carbonyl (C=O) groups excluding carboxylic acids is 2. The zero-order valence-electron chi connectivity index (χ0n) is 19.1. The Balaban J connectivity index is 1.71. The van der Waals surface area contributed by atoms with Gasteiger partial charge in [0.25, 0.3) is 5.91 Å². The van der Waals surface area contributed by atoms with Gasteiger partial charge in [0, 0.05) is 18.8 Å². The molecule has 3 rings (SSSR count). The third kappa shape index (κ3) is 5.70. The topological polar surface area (TPSA) is 111 Å². The Kier molecular flexibility index (Phi) is 7.72. The Labute approximate surface area is 193 Å².